The Hall–Kier alpha value is -2.15. The monoisotopic (exact) mass is 321 g/mol. The minimum absolute atomic E-state index is 0.106. The van der Waals surface area contributed by atoms with Crippen LogP contribution in [0.25, 0.3) is 11.6 Å². The molecule has 2 N–H and O–H groups in total. The summed E-state index contributed by atoms with van der Waals surface area (Å²) in [6, 6.07) is 3.47. The summed E-state index contributed by atoms with van der Waals surface area (Å²) in [7, 11) is 0. The number of carbonyl (C=O) groups is 1. The third-order valence-electron chi connectivity index (χ3n) is 4.09. The van der Waals surface area contributed by atoms with Gasteiger partial charge in [0.2, 0.25) is 17.6 Å². The lowest BCUT2D eigenvalue weighted by atomic mass is 9.88. The zero-order chi connectivity index (χ0) is 16.9. The van der Waals surface area contributed by atoms with Crippen molar-refractivity contribution in [3.05, 3.63) is 24.3 Å². The molecule has 0 saturated heterocycles. The molecule has 0 bridgehead atoms. The van der Waals surface area contributed by atoms with Gasteiger partial charge >= 0.3 is 0 Å². The van der Waals surface area contributed by atoms with Gasteiger partial charge in [-0.2, -0.15) is 4.98 Å². The number of carbonyl (C=O) groups excluding carboxylic acids is 1. The number of rotatable bonds is 8. The van der Waals surface area contributed by atoms with E-state index in [0.717, 1.165) is 6.42 Å². The molecule has 2 unspecified atom stereocenters. The molecule has 23 heavy (non-hydrogen) atoms. The van der Waals surface area contributed by atoms with Crippen LogP contribution in [0.2, 0.25) is 0 Å². The maximum Gasteiger partial charge on any atom is 0.238 e. The van der Waals surface area contributed by atoms with Gasteiger partial charge in [-0.25, -0.2) is 0 Å². The Labute approximate surface area is 135 Å². The van der Waals surface area contributed by atoms with Crippen LogP contribution in [0, 0.1) is 5.92 Å². The maximum absolute atomic E-state index is 11.9. The predicted octanol–water partition coefficient (Wildman–Crippen LogP) is 2.18. The SMILES string of the molecule is CCC(C)C(C)(O)CNC(=O)CCc1nc(-c2ccco2)no1. The minimum atomic E-state index is -0.915. The van der Waals surface area contributed by atoms with Crippen LogP contribution in [0.5, 0.6) is 0 Å². The Morgan fingerprint density at radius 3 is 2.96 bits per heavy atom. The molecule has 2 heterocycles. The second kappa shape index (κ2) is 7.41. The first kappa shape index (κ1) is 17.2. The number of hydrogen-bond acceptors (Lipinski definition) is 6. The number of aryl methyl sites for hydroxylation is 1. The third-order valence-corrected chi connectivity index (χ3v) is 4.09. The van der Waals surface area contributed by atoms with E-state index >= 15 is 0 Å². The number of aromatic nitrogens is 2. The molecule has 2 atom stereocenters. The van der Waals surface area contributed by atoms with E-state index in [1.807, 2.05) is 13.8 Å². The highest BCUT2D eigenvalue weighted by Crippen LogP contribution is 2.19. The zero-order valence-electron chi connectivity index (χ0n) is 13.7. The molecule has 0 aromatic carbocycles. The highest BCUT2D eigenvalue weighted by molar-refractivity contribution is 5.76. The summed E-state index contributed by atoms with van der Waals surface area (Å²) in [5.74, 6) is 1.21. The Bertz CT molecular complexity index is 619. The number of nitrogens with one attached hydrogen (secondary N) is 1. The van der Waals surface area contributed by atoms with Gasteiger partial charge in [0.1, 0.15) is 0 Å². The van der Waals surface area contributed by atoms with Gasteiger partial charge in [-0.15, -0.1) is 0 Å². The average molecular weight is 321 g/mol. The van der Waals surface area contributed by atoms with Gasteiger partial charge in [0.25, 0.3) is 0 Å². The number of furan rings is 1. The van der Waals surface area contributed by atoms with Gasteiger partial charge in [-0.1, -0.05) is 25.4 Å². The molecule has 0 spiro atoms. The summed E-state index contributed by atoms with van der Waals surface area (Å²) in [6.07, 6.45) is 2.93. The number of amides is 1. The molecule has 0 radical (unpaired) electrons. The molecule has 0 aliphatic carbocycles. The first-order valence-electron chi connectivity index (χ1n) is 7.78. The van der Waals surface area contributed by atoms with Gasteiger partial charge in [0.15, 0.2) is 5.76 Å². The molecular formula is C16H23N3O4. The summed E-state index contributed by atoms with van der Waals surface area (Å²) in [4.78, 5) is 16.1. The van der Waals surface area contributed by atoms with Crippen molar-refractivity contribution in [1.29, 1.82) is 0 Å². The molecule has 2 aromatic rings. The summed E-state index contributed by atoms with van der Waals surface area (Å²) in [5.41, 5.74) is -0.915. The second-order valence-corrected chi connectivity index (χ2v) is 5.93. The van der Waals surface area contributed by atoms with Gasteiger partial charge in [-0.3, -0.25) is 4.79 Å². The number of aliphatic hydroxyl groups is 1. The lowest BCUT2D eigenvalue weighted by molar-refractivity contribution is -0.122. The van der Waals surface area contributed by atoms with E-state index in [1.165, 1.54) is 6.26 Å². The Kier molecular flexibility index (Phi) is 5.54. The fourth-order valence-corrected chi connectivity index (χ4v) is 2.06. The zero-order valence-corrected chi connectivity index (χ0v) is 13.7. The van der Waals surface area contributed by atoms with E-state index in [9.17, 15) is 9.90 Å². The fourth-order valence-electron chi connectivity index (χ4n) is 2.06. The van der Waals surface area contributed by atoms with E-state index < -0.39 is 5.60 Å². The molecule has 0 fully saturated rings. The van der Waals surface area contributed by atoms with Crippen LogP contribution >= 0.6 is 0 Å². The Morgan fingerprint density at radius 2 is 2.30 bits per heavy atom. The van der Waals surface area contributed by atoms with Crippen LogP contribution in [0.4, 0.5) is 0 Å². The molecule has 2 rings (SSSR count). The van der Waals surface area contributed by atoms with Gasteiger partial charge in [0.05, 0.1) is 11.9 Å². The molecule has 126 valence electrons. The Balaban J connectivity index is 1.79. The summed E-state index contributed by atoms with van der Waals surface area (Å²) in [5, 5.41) is 16.8. The van der Waals surface area contributed by atoms with Crippen molar-refractivity contribution in [3.63, 3.8) is 0 Å². The lowest BCUT2D eigenvalue weighted by Gasteiger charge is -2.29. The van der Waals surface area contributed by atoms with Crippen LogP contribution in [0.3, 0.4) is 0 Å². The van der Waals surface area contributed by atoms with E-state index in [4.69, 9.17) is 8.94 Å². The molecule has 0 aliphatic rings. The Morgan fingerprint density at radius 1 is 1.52 bits per heavy atom. The van der Waals surface area contributed by atoms with Crippen molar-refractivity contribution in [2.24, 2.45) is 5.92 Å². The largest absolute Gasteiger partial charge is 0.461 e. The lowest BCUT2D eigenvalue weighted by Crippen LogP contribution is -2.45. The van der Waals surface area contributed by atoms with Crippen molar-refractivity contribution in [2.75, 3.05) is 6.54 Å². The van der Waals surface area contributed by atoms with Gasteiger partial charge in [0, 0.05) is 19.4 Å². The van der Waals surface area contributed by atoms with Crippen molar-refractivity contribution in [3.8, 4) is 11.6 Å². The molecule has 0 saturated carbocycles. The molecule has 0 aliphatic heterocycles. The van der Waals surface area contributed by atoms with E-state index in [-0.39, 0.29) is 24.8 Å². The smallest absolute Gasteiger partial charge is 0.238 e. The summed E-state index contributed by atoms with van der Waals surface area (Å²) in [6.45, 7) is 5.92. The standard InChI is InChI=1S/C16H23N3O4/c1-4-11(2)16(3,21)10-17-13(20)7-8-14-18-15(19-23-14)12-6-5-9-22-12/h5-6,9,11,21H,4,7-8,10H2,1-3H3,(H,17,20). The molecule has 2 aromatic heterocycles. The molecular weight excluding hydrogens is 298 g/mol. The first-order chi connectivity index (χ1) is 10.9. The summed E-state index contributed by atoms with van der Waals surface area (Å²) < 4.78 is 10.3. The van der Waals surface area contributed by atoms with E-state index in [1.54, 1.807) is 19.1 Å². The minimum Gasteiger partial charge on any atom is -0.461 e. The summed E-state index contributed by atoms with van der Waals surface area (Å²) >= 11 is 0. The average Bonchev–Trinajstić information content (AvgIpc) is 3.20. The van der Waals surface area contributed by atoms with Crippen molar-refractivity contribution >= 4 is 5.91 Å². The van der Waals surface area contributed by atoms with Gasteiger partial charge < -0.3 is 19.4 Å². The predicted molar refractivity (Wildman–Crippen MR) is 83.4 cm³/mol. The first-order valence-corrected chi connectivity index (χ1v) is 7.78. The van der Waals surface area contributed by atoms with Crippen molar-refractivity contribution < 1.29 is 18.8 Å². The number of nitrogens with zero attached hydrogens (tertiary/aromatic N) is 2. The fraction of sp³-hybridized carbons (Fsp3) is 0.562. The second-order valence-electron chi connectivity index (χ2n) is 5.93. The maximum atomic E-state index is 11.9. The molecule has 7 nitrogen and oxygen atoms in total. The van der Waals surface area contributed by atoms with Gasteiger partial charge in [-0.05, 0) is 25.0 Å². The van der Waals surface area contributed by atoms with E-state index in [2.05, 4.69) is 15.5 Å². The highest BCUT2D eigenvalue weighted by Gasteiger charge is 2.27. The third kappa shape index (κ3) is 4.66. The van der Waals surface area contributed by atoms with Crippen LogP contribution in [0.15, 0.2) is 27.3 Å². The number of hydrogen-bond donors (Lipinski definition) is 2. The van der Waals surface area contributed by atoms with Crippen molar-refractivity contribution in [2.45, 2.75) is 45.6 Å². The molecule has 7 heteroatoms. The highest BCUT2D eigenvalue weighted by atomic mass is 16.5. The quantitative estimate of drug-likeness (QED) is 0.772. The van der Waals surface area contributed by atoms with Crippen LogP contribution in [0.1, 0.15) is 39.5 Å². The normalized spacial score (nSPS) is 15.1. The van der Waals surface area contributed by atoms with Crippen LogP contribution < -0.4 is 5.32 Å². The van der Waals surface area contributed by atoms with Crippen LogP contribution in [-0.4, -0.2) is 33.3 Å². The topological polar surface area (TPSA) is 101 Å². The molecule has 1 amide bonds. The van der Waals surface area contributed by atoms with Crippen molar-refractivity contribution in [1.82, 2.24) is 15.5 Å². The van der Waals surface area contributed by atoms with Crippen LogP contribution in [-0.2, 0) is 11.2 Å². The van der Waals surface area contributed by atoms with E-state index in [0.29, 0.717) is 23.9 Å².